The molecule has 1 unspecified atom stereocenters. The van der Waals surface area contributed by atoms with E-state index in [0.29, 0.717) is 0 Å². The van der Waals surface area contributed by atoms with Crippen LogP contribution in [0.3, 0.4) is 0 Å². The van der Waals surface area contributed by atoms with Gasteiger partial charge in [0.05, 0.1) is 6.10 Å². The molecule has 0 rings (SSSR count). The van der Waals surface area contributed by atoms with E-state index in [0.717, 1.165) is 0 Å². The maximum Gasteiger partial charge on any atom is 0.332 e. The third kappa shape index (κ3) is 7.73. The molecule has 0 aliphatic rings. The summed E-state index contributed by atoms with van der Waals surface area (Å²) in [5.74, 6) is 0. The van der Waals surface area contributed by atoms with Crippen molar-refractivity contribution < 1.29 is 23.5 Å². The first kappa shape index (κ1) is 13.1. The number of hydrogen-bond donors (Lipinski definition) is 3. The molecule has 0 aromatic carbocycles. The summed E-state index contributed by atoms with van der Waals surface area (Å²) in [6.45, 7) is -4.28. The van der Waals surface area contributed by atoms with Gasteiger partial charge < -0.3 is 19.2 Å². The predicted molar refractivity (Wildman–Crippen MR) is 52.5 cm³/mol. The average Bonchev–Trinajstić information content (AvgIpc) is 1.48. The molecule has 74 valence electrons. The lowest BCUT2D eigenvalue weighted by Gasteiger charge is -2.19. The molecule has 1 atom stereocenters. The molecule has 9 heteroatoms. The molecule has 0 spiro atoms. The lowest BCUT2D eigenvalue weighted by molar-refractivity contribution is 0.196. The Kier molecular flexibility index (Phi) is 4.97. The second-order valence-corrected chi connectivity index (χ2v) is 7.79. The van der Waals surface area contributed by atoms with Gasteiger partial charge in [0, 0.05) is 0 Å². The average molecular weight is 252 g/mol. The highest BCUT2D eigenvalue weighted by Gasteiger charge is 2.25. The van der Waals surface area contributed by atoms with Gasteiger partial charge in [-0.25, -0.2) is 4.31 Å². The van der Waals surface area contributed by atoms with Crippen molar-refractivity contribution in [2.24, 2.45) is 0 Å². The highest BCUT2D eigenvalue weighted by atomic mass is 32.5. The summed E-state index contributed by atoms with van der Waals surface area (Å²) in [4.78, 5) is 26.4. The fourth-order valence-corrected chi connectivity index (χ4v) is 4.73. The first-order valence-electron chi connectivity index (χ1n) is 2.90. The van der Waals surface area contributed by atoms with Crippen LogP contribution >= 0.6 is 13.4 Å². The Balaban J connectivity index is 4.25. The molecule has 0 amide bonds. The van der Waals surface area contributed by atoms with Crippen LogP contribution in [0.4, 0.5) is 0 Å². The standard InChI is InChI=1S/C3H10O5P2S2/c1-3(2)7-10(6,12)8-9(4,5)11/h3H,1-2H3,(H,6,12)(H2,4,5,11). The van der Waals surface area contributed by atoms with Crippen LogP contribution in [0.2, 0.25) is 0 Å². The highest BCUT2D eigenvalue weighted by molar-refractivity contribution is 8.14. The summed E-state index contributed by atoms with van der Waals surface area (Å²) in [7, 11) is 0. The van der Waals surface area contributed by atoms with Crippen molar-refractivity contribution in [1.29, 1.82) is 0 Å². The third-order valence-electron chi connectivity index (χ3n) is 0.554. The minimum atomic E-state index is -3.94. The molecule has 0 radical (unpaired) electrons. The van der Waals surface area contributed by atoms with Crippen LogP contribution in [0.15, 0.2) is 0 Å². The van der Waals surface area contributed by atoms with Crippen LogP contribution in [-0.2, 0) is 32.4 Å². The van der Waals surface area contributed by atoms with Gasteiger partial charge >= 0.3 is 13.4 Å². The van der Waals surface area contributed by atoms with E-state index in [1.165, 1.54) is 0 Å². The largest absolute Gasteiger partial charge is 0.332 e. The van der Waals surface area contributed by atoms with Crippen LogP contribution < -0.4 is 0 Å². The normalized spacial score (nSPS) is 17.8. The molecule has 0 fully saturated rings. The van der Waals surface area contributed by atoms with Gasteiger partial charge in [-0.1, -0.05) is 0 Å². The first-order chi connectivity index (χ1) is 5.12. The van der Waals surface area contributed by atoms with E-state index in [2.05, 4.69) is 27.9 Å². The molecular weight excluding hydrogens is 242 g/mol. The molecule has 0 bridgehead atoms. The summed E-state index contributed by atoms with van der Waals surface area (Å²) in [5, 5.41) is 0. The van der Waals surface area contributed by atoms with Crippen molar-refractivity contribution in [3.8, 4) is 0 Å². The first-order valence-corrected chi connectivity index (χ1v) is 8.12. The third-order valence-corrected chi connectivity index (χ3v) is 4.38. The van der Waals surface area contributed by atoms with E-state index >= 15 is 0 Å². The molecule has 3 N–H and O–H groups in total. The maximum atomic E-state index is 9.14. The van der Waals surface area contributed by atoms with Gasteiger partial charge in [-0.05, 0) is 37.5 Å². The number of rotatable bonds is 4. The molecule has 0 aromatic rings. The molecule has 12 heavy (non-hydrogen) atoms. The second kappa shape index (κ2) is 4.55. The lowest BCUT2D eigenvalue weighted by atomic mass is 10.5. The zero-order chi connectivity index (χ0) is 9.99. The molecule has 0 aromatic heterocycles. The highest BCUT2D eigenvalue weighted by Crippen LogP contribution is 2.58. The molecule has 0 saturated carbocycles. The fraction of sp³-hybridized carbons (Fsp3) is 1.00. The summed E-state index contributed by atoms with van der Waals surface area (Å²) in [5.41, 5.74) is 0. The quantitative estimate of drug-likeness (QED) is 0.640. The van der Waals surface area contributed by atoms with Gasteiger partial charge in [-0.2, -0.15) is 0 Å². The van der Waals surface area contributed by atoms with Crippen molar-refractivity contribution in [3.05, 3.63) is 0 Å². The minimum Gasteiger partial charge on any atom is -0.324 e. The number of hydrogen-bond acceptors (Lipinski definition) is 4. The zero-order valence-electron chi connectivity index (χ0n) is 6.45. The molecular formula is C3H10O5P2S2. The summed E-state index contributed by atoms with van der Waals surface area (Å²) in [6.07, 6.45) is -0.359. The van der Waals surface area contributed by atoms with Crippen molar-refractivity contribution in [1.82, 2.24) is 0 Å². The van der Waals surface area contributed by atoms with Gasteiger partial charge in [-0.3, -0.25) is 0 Å². The smallest absolute Gasteiger partial charge is 0.324 e. The molecule has 0 aliphatic heterocycles. The van der Waals surface area contributed by atoms with Crippen LogP contribution in [-0.4, -0.2) is 20.8 Å². The predicted octanol–water partition coefficient (Wildman–Crippen LogP) is 0.854. The van der Waals surface area contributed by atoms with Gasteiger partial charge in [-0.15, -0.1) is 0 Å². The fourth-order valence-electron chi connectivity index (χ4n) is 0.420. The van der Waals surface area contributed by atoms with Crippen molar-refractivity contribution in [2.45, 2.75) is 20.0 Å². The van der Waals surface area contributed by atoms with E-state index in [9.17, 15) is 0 Å². The Morgan fingerprint density at radius 1 is 1.17 bits per heavy atom. The maximum absolute atomic E-state index is 9.14. The summed E-state index contributed by atoms with van der Waals surface area (Å²) in [6, 6.07) is 0. The summed E-state index contributed by atoms with van der Waals surface area (Å²) < 4.78 is 8.95. The Hall–Kier alpha value is 1.10. The topological polar surface area (TPSA) is 79.2 Å². The molecule has 0 aliphatic carbocycles. The van der Waals surface area contributed by atoms with Crippen molar-refractivity contribution in [3.63, 3.8) is 0 Å². The van der Waals surface area contributed by atoms with Gasteiger partial charge in [0.2, 0.25) is 0 Å². The Labute approximate surface area is 80.8 Å². The van der Waals surface area contributed by atoms with E-state index < -0.39 is 13.4 Å². The van der Waals surface area contributed by atoms with E-state index in [1.807, 2.05) is 0 Å². The Morgan fingerprint density at radius 2 is 1.58 bits per heavy atom. The SMILES string of the molecule is CC(C)OP(O)(=S)OP(O)(O)=S. The van der Waals surface area contributed by atoms with Crippen LogP contribution in [0, 0.1) is 0 Å². The Morgan fingerprint density at radius 3 is 1.83 bits per heavy atom. The van der Waals surface area contributed by atoms with Gasteiger partial charge in [0.15, 0.2) is 0 Å². The van der Waals surface area contributed by atoms with Crippen LogP contribution in [0.5, 0.6) is 0 Å². The van der Waals surface area contributed by atoms with Crippen LogP contribution in [0.1, 0.15) is 13.8 Å². The second-order valence-electron chi connectivity index (χ2n) is 2.19. The van der Waals surface area contributed by atoms with Gasteiger partial charge in [0.1, 0.15) is 0 Å². The van der Waals surface area contributed by atoms with E-state index in [4.69, 9.17) is 19.2 Å². The lowest BCUT2D eigenvalue weighted by Crippen LogP contribution is -2.01. The molecule has 0 heterocycles. The van der Waals surface area contributed by atoms with Crippen molar-refractivity contribution in [2.75, 3.05) is 0 Å². The van der Waals surface area contributed by atoms with Crippen molar-refractivity contribution >= 4 is 37.1 Å². The Bertz CT molecular complexity index is 235. The van der Waals surface area contributed by atoms with E-state index in [-0.39, 0.29) is 6.10 Å². The molecule has 0 saturated heterocycles. The van der Waals surface area contributed by atoms with Crippen LogP contribution in [0.25, 0.3) is 0 Å². The monoisotopic (exact) mass is 252 g/mol. The van der Waals surface area contributed by atoms with Gasteiger partial charge in [0.25, 0.3) is 0 Å². The zero-order valence-corrected chi connectivity index (χ0v) is 9.87. The minimum absolute atomic E-state index is 0.359. The van der Waals surface area contributed by atoms with E-state index in [1.54, 1.807) is 13.8 Å². The molecule has 5 nitrogen and oxygen atoms in total. The summed E-state index contributed by atoms with van der Waals surface area (Å²) >= 11 is 8.54.